The number of nitro groups is 1. The van der Waals surface area contributed by atoms with Crippen molar-refractivity contribution < 1.29 is 9.72 Å². The van der Waals surface area contributed by atoms with Gasteiger partial charge in [0.15, 0.2) is 0 Å². The summed E-state index contributed by atoms with van der Waals surface area (Å²) in [7, 11) is 0. The third kappa shape index (κ3) is 5.86. The topological polar surface area (TPSA) is 96.3 Å². The number of hydrogen-bond acceptors (Lipinski definition) is 5. The maximum absolute atomic E-state index is 11.9. The van der Waals surface area contributed by atoms with Gasteiger partial charge in [-0.15, -0.1) is 0 Å². The first-order valence-corrected chi connectivity index (χ1v) is 8.05. The van der Waals surface area contributed by atoms with E-state index in [0.717, 1.165) is 31.5 Å². The van der Waals surface area contributed by atoms with Crippen LogP contribution in [0.5, 0.6) is 0 Å². The average molecular weight is 320 g/mol. The minimum absolute atomic E-state index is 0.0751. The fraction of sp³-hybridized carbons (Fsp3) is 0.562. The van der Waals surface area contributed by atoms with E-state index in [9.17, 15) is 14.9 Å². The number of anilines is 1. The summed E-state index contributed by atoms with van der Waals surface area (Å²) >= 11 is 0. The second-order valence-electron chi connectivity index (χ2n) is 5.98. The van der Waals surface area contributed by atoms with E-state index in [1.807, 2.05) is 0 Å². The van der Waals surface area contributed by atoms with Crippen molar-refractivity contribution in [2.75, 3.05) is 18.4 Å². The van der Waals surface area contributed by atoms with Gasteiger partial charge in [0, 0.05) is 42.9 Å². The molecule has 0 spiro atoms. The summed E-state index contributed by atoms with van der Waals surface area (Å²) in [5.74, 6) is 0.0922. The Hall–Kier alpha value is -2.15. The Bertz CT molecular complexity index is 533. The molecule has 0 bridgehead atoms. The van der Waals surface area contributed by atoms with E-state index in [0.29, 0.717) is 19.0 Å². The first-order chi connectivity index (χ1) is 11.0. The van der Waals surface area contributed by atoms with Gasteiger partial charge in [-0.25, -0.2) is 0 Å². The van der Waals surface area contributed by atoms with Crippen LogP contribution in [0, 0.1) is 10.1 Å². The number of piperidine rings is 1. The van der Waals surface area contributed by atoms with Gasteiger partial charge in [0.2, 0.25) is 5.91 Å². The first kappa shape index (κ1) is 17.2. The van der Waals surface area contributed by atoms with Crippen LogP contribution in [0.1, 0.15) is 32.6 Å². The van der Waals surface area contributed by atoms with Gasteiger partial charge in [0.25, 0.3) is 5.69 Å². The zero-order valence-corrected chi connectivity index (χ0v) is 13.4. The Morgan fingerprint density at radius 1 is 1.39 bits per heavy atom. The molecule has 1 aliphatic rings. The Balaban J connectivity index is 1.62. The van der Waals surface area contributed by atoms with Crippen LogP contribution in [0.15, 0.2) is 24.3 Å². The summed E-state index contributed by atoms with van der Waals surface area (Å²) in [6.45, 7) is 3.74. The van der Waals surface area contributed by atoms with Crippen molar-refractivity contribution in [1.82, 2.24) is 10.6 Å². The fourth-order valence-corrected chi connectivity index (χ4v) is 2.75. The van der Waals surface area contributed by atoms with E-state index in [1.165, 1.54) is 12.1 Å². The van der Waals surface area contributed by atoms with Gasteiger partial charge in [0.05, 0.1) is 4.92 Å². The number of carbonyl (C=O) groups is 1. The SMILES string of the molecule is CC1CC(NC(=O)CCCNc2ccc([N+](=O)[O-])cc2)CCN1. The number of nitrogens with zero attached hydrogens (tertiary/aromatic N) is 1. The molecule has 23 heavy (non-hydrogen) atoms. The van der Waals surface area contributed by atoms with E-state index in [1.54, 1.807) is 12.1 Å². The molecule has 0 aromatic heterocycles. The Kier molecular flexibility index (Phi) is 6.34. The van der Waals surface area contributed by atoms with Crippen molar-refractivity contribution >= 4 is 17.3 Å². The molecule has 1 amide bonds. The molecule has 1 heterocycles. The van der Waals surface area contributed by atoms with Gasteiger partial charge >= 0.3 is 0 Å². The molecule has 7 nitrogen and oxygen atoms in total. The molecule has 2 rings (SSSR count). The summed E-state index contributed by atoms with van der Waals surface area (Å²) in [6.07, 6.45) is 3.17. The quantitative estimate of drug-likeness (QED) is 0.406. The summed E-state index contributed by atoms with van der Waals surface area (Å²) in [5.41, 5.74) is 0.898. The largest absolute Gasteiger partial charge is 0.385 e. The maximum Gasteiger partial charge on any atom is 0.269 e. The van der Waals surface area contributed by atoms with Crippen molar-refractivity contribution in [3.05, 3.63) is 34.4 Å². The molecule has 126 valence electrons. The van der Waals surface area contributed by atoms with Crippen molar-refractivity contribution in [2.24, 2.45) is 0 Å². The third-order valence-electron chi connectivity index (χ3n) is 3.98. The predicted octanol–water partition coefficient (Wildman–Crippen LogP) is 2.04. The Labute approximate surface area is 136 Å². The van der Waals surface area contributed by atoms with E-state index in [-0.39, 0.29) is 17.6 Å². The normalized spacial score (nSPS) is 20.7. The molecule has 0 radical (unpaired) electrons. The second kappa shape index (κ2) is 8.47. The molecule has 1 saturated heterocycles. The molecular weight excluding hydrogens is 296 g/mol. The Morgan fingerprint density at radius 2 is 2.13 bits per heavy atom. The molecule has 2 atom stereocenters. The minimum atomic E-state index is -0.421. The molecular formula is C16H24N4O3. The van der Waals surface area contributed by atoms with Crippen LogP contribution in [-0.2, 0) is 4.79 Å². The highest BCUT2D eigenvalue weighted by molar-refractivity contribution is 5.76. The predicted molar refractivity (Wildman–Crippen MR) is 89.4 cm³/mol. The van der Waals surface area contributed by atoms with Crippen LogP contribution in [0.2, 0.25) is 0 Å². The smallest absolute Gasteiger partial charge is 0.269 e. The van der Waals surface area contributed by atoms with Crippen LogP contribution in [-0.4, -0.2) is 36.0 Å². The summed E-state index contributed by atoms with van der Waals surface area (Å²) in [6, 6.07) is 7.02. The zero-order valence-electron chi connectivity index (χ0n) is 13.4. The van der Waals surface area contributed by atoms with Crippen LogP contribution in [0.4, 0.5) is 11.4 Å². The summed E-state index contributed by atoms with van der Waals surface area (Å²) in [5, 5.41) is 20.2. The van der Waals surface area contributed by atoms with Gasteiger partial charge in [-0.05, 0) is 44.9 Å². The van der Waals surface area contributed by atoms with Crippen LogP contribution >= 0.6 is 0 Å². The molecule has 3 N–H and O–H groups in total. The van der Waals surface area contributed by atoms with Crippen molar-refractivity contribution in [1.29, 1.82) is 0 Å². The lowest BCUT2D eigenvalue weighted by Crippen LogP contribution is -2.46. The van der Waals surface area contributed by atoms with Gasteiger partial charge < -0.3 is 16.0 Å². The van der Waals surface area contributed by atoms with Gasteiger partial charge in [-0.1, -0.05) is 0 Å². The third-order valence-corrected chi connectivity index (χ3v) is 3.98. The van der Waals surface area contributed by atoms with Crippen molar-refractivity contribution in [2.45, 2.75) is 44.7 Å². The molecule has 1 fully saturated rings. The number of amides is 1. The van der Waals surface area contributed by atoms with E-state index in [4.69, 9.17) is 0 Å². The highest BCUT2D eigenvalue weighted by atomic mass is 16.6. The van der Waals surface area contributed by atoms with E-state index < -0.39 is 4.92 Å². The van der Waals surface area contributed by atoms with E-state index in [2.05, 4.69) is 22.9 Å². The number of nitro benzene ring substituents is 1. The summed E-state index contributed by atoms with van der Waals surface area (Å²) in [4.78, 5) is 22.1. The second-order valence-corrected chi connectivity index (χ2v) is 5.98. The number of benzene rings is 1. The lowest BCUT2D eigenvalue weighted by atomic mass is 10.0. The van der Waals surface area contributed by atoms with Gasteiger partial charge in [0.1, 0.15) is 0 Å². The minimum Gasteiger partial charge on any atom is -0.385 e. The molecule has 7 heteroatoms. The standard InChI is InChI=1S/C16H24N4O3/c1-12-11-14(8-10-17-12)19-16(21)3-2-9-18-13-4-6-15(7-5-13)20(22)23/h4-7,12,14,17-18H,2-3,8-11H2,1H3,(H,19,21). The zero-order chi connectivity index (χ0) is 16.7. The number of nitrogens with one attached hydrogen (secondary N) is 3. The number of non-ortho nitro benzene ring substituents is 1. The maximum atomic E-state index is 11.9. The highest BCUT2D eigenvalue weighted by Gasteiger charge is 2.19. The first-order valence-electron chi connectivity index (χ1n) is 8.05. The molecule has 1 aliphatic heterocycles. The van der Waals surface area contributed by atoms with Crippen molar-refractivity contribution in [3.8, 4) is 0 Å². The molecule has 1 aromatic carbocycles. The molecule has 0 saturated carbocycles. The number of carbonyl (C=O) groups excluding carboxylic acids is 1. The lowest BCUT2D eigenvalue weighted by molar-refractivity contribution is -0.384. The average Bonchev–Trinajstić information content (AvgIpc) is 2.52. The van der Waals surface area contributed by atoms with Gasteiger partial charge in [-0.2, -0.15) is 0 Å². The number of rotatable bonds is 7. The molecule has 0 aliphatic carbocycles. The fourth-order valence-electron chi connectivity index (χ4n) is 2.75. The monoisotopic (exact) mass is 320 g/mol. The number of hydrogen-bond donors (Lipinski definition) is 3. The molecule has 1 aromatic rings. The van der Waals surface area contributed by atoms with Crippen molar-refractivity contribution in [3.63, 3.8) is 0 Å². The van der Waals surface area contributed by atoms with E-state index >= 15 is 0 Å². The van der Waals surface area contributed by atoms with Gasteiger partial charge in [-0.3, -0.25) is 14.9 Å². The van der Waals surface area contributed by atoms with Crippen LogP contribution in [0.25, 0.3) is 0 Å². The molecule has 2 unspecified atom stereocenters. The van der Waals surface area contributed by atoms with Crippen LogP contribution < -0.4 is 16.0 Å². The Morgan fingerprint density at radius 3 is 2.78 bits per heavy atom. The van der Waals surface area contributed by atoms with Crippen LogP contribution in [0.3, 0.4) is 0 Å². The highest BCUT2D eigenvalue weighted by Crippen LogP contribution is 2.15. The lowest BCUT2D eigenvalue weighted by Gasteiger charge is -2.28. The summed E-state index contributed by atoms with van der Waals surface area (Å²) < 4.78 is 0.